The lowest BCUT2D eigenvalue weighted by atomic mass is 9.74. The second kappa shape index (κ2) is 12.3. The molecule has 2 saturated carbocycles. The first-order chi connectivity index (χ1) is 18.2. The SMILES string of the molecule is Cc1cncc(Cl)c1CCN(CC1(C)CCCC1)C(=O)C(=CN)C(=NC1CCC(C)(C(=O)O)CC1)C(F)(F)F. The van der Waals surface area contributed by atoms with Gasteiger partial charge in [0.25, 0.3) is 5.91 Å². The molecule has 39 heavy (non-hydrogen) atoms. The summed E-state index contributed by atoms with van der Waals surface area (Å²) in [6.45, 7) is 5.93. The van der Waals surface area contributed by atoms with Crippen molar-refractivity contribution < 1.29 is 27.9 Å². The van der Waals surface area contributed by atoms with Gasteiger partial charge < -0.3 is 15.7 Å². The van der Waals surface area contributed by atoms with Crippen LogP contribution in [0, 0.1) is 17.8 Å². The van der Waals surface area contributed by atoms with Crippen LogP contribution in [0.4, 0.5) is 13.2 Å². The molecule has 0 aliphatic heterocycles. The highest BCUT2D eigenvalue weighted by molar-refractivity contribution is 6.31. The molecule has 2 fully saturated rings. The minimum Gasteiger partial charge on any atom is -0.481 e. The average Bonchev–Trinajstić information content (AvgIpc) is 3.29. The second-order valence-electron chi connectivity index (χ2n) is 11.6. The van der Waals surface area contributed by atoms with Gasteiger partial charge in [-0.2, -0.15) is 13.2 Å². The molecular weight excluding hydrogens is 533 g/mol. The summed E-state index contributed by atoms with van der Waals surface area (Å²) in [5, 5.41) is 9.89. The number of aromatic nitrogens is 1. The molecule has 0 spiro atoms. The standard InChI is InChI=1S/C28H38ClF3N4O3/c1-18-15-34-16-22(29)20(18)8-13-36(17-26(2)9-4-5-10-26)24(37)21(14-33)23(28(30,31)32)35-19-6-11-27(3,12-7-19)25(38)39/h14-16,19H,4-13,17,33H2,1-3H3,(H,38,39). The fourth-order valence-electron chi connectivity index (χ4n) is 5.70. The summed E-state index contributed by atoms with van der Waals surface area (Å²) in [5.41, 5.74) is 4.11. The Morgan fingerprint density at radius 2 is 1.82 bits per heavy atom. The van der Waals surface area contributed by atoms with Crippen molar-refractivity contribution in [3.05, 3.63) is 40.3 Å². The zero-order valence-electron chi connectivity index (χ0n) is 22.8. The minimum atomic E-state index is -4.91. The van der Waals surface area contributed by atoms with E-state index in [0.29, 0.717) is 17.6 Å². The molecule has 0 radical (unpaired) electrons. The number of pyridine rings is 1. The number of aliphatic carboxylic acids is 1. The predicted molar refractivity (Wildman–Crippen MR) is 145 cm³/mol. The Morgan fingerprint density at radius 1 is 1.21 bits per heavy atom. The third-order valence-electron chi connectivity index (χ3n) is 8.33. The van der Waals surface area contributed by atoms with E-state index in [4.69, 9.17) is 17.3 Å². The van der Waals surface area contributed by atoms with Crippen molar-refractivity contribution in [3.63, 3.8) is 0 Å². The van der Waals surface area contributed by atoms with Gasteiger partial charge in [0.1, 0.15) is 0 Å². The highest BCUT2D eigenvalue weighted by atomic mass is 35.5. The number of hydrogen-bond donors (Lipinski definition) is 2. The fourth-order valence-corrected chi connectivity index (χ4v) is 6.00. The van der Waals surface area contributed by atoms with E-state index in [1.807, 2.05) is 6.92 Å². The van der Waals surface area contributed by atoms with Gasteiger partial charge >= 0.3 is 12.1 Å². The first kappa shape index (κ1) is 30.9. The van der Waals surface area contributed by atoms with Gasteiger partial charge in [0.05, 0.1) is 22.1 Å². The third kappa shape index (κ3) is 7.52. The van der Waals surface area contributed by atoms with Crippen LogP contribution >= 0.6 is 11.6 Å². The van der Waals surface area contributed by atoms with Crippen LogP contribution in [0.3, 0.4) is 0 Å². The van der Waals surface area contributed by atoms with Gasteiger partial charge in [-0.05, 0) is 75.3 Å². The summed E-state index contributed by atoms with van der Waals surface area (Å²) in [4.78, 5) is 34.8. The Bertz CT molecular complexity index is 1100. The molecule has 0 bridgehead atoms. The number of nitrogens with two attached hydrogens (primary N) is 1. The molecule has 11 heteroatoms. The number of nitrogens with zero attached hydrogens (tertiary/aromatic N) is 3. The van der Waals surface area contributed by atoms with E-state index in [9.17, 15) is 27.9 Å². The molecule has 0 saturated heterocycles. The topological polar surface area (TPSA) is 109 Å². The molecule has 1 amide bonds. The van der Waals surface area contributed by atoms with Crippen molar-refractivity contribution >= 4 is 29.2 Å². The normalized spacial score (nSPS) is 24.0. The quantitative estimate of drug-likeness (QED) is 0.285. The number of halogens is 4. The van der Waals surface area contributed by atoms with Crippen molar-refractivity contribution in [2.24, 2.45) is 21.6 Å². The van der Waals surface area contributed by atoms with Crippen LogP contribution in [0.15, 0.2) is 29.2 Å². The lowest BCUT2D eigenvalue weighted by Gasteiger charge is -2.34. The molecule has 1 aromatic heterocycles. The number of alkyl halides is 3. The number of amides is 1. The summed E-state index contributed by atoms with van der Waals surface area (Å²) in [5.74, 6) is -1.80. The van der Waals surface area contributed by atoms with E-state index in [1.165, 1.54) is 11.1 Å². The molecule has 3 N–H and O–H groups in total. The number of carbonyl (C=O) groups is 2. The maximum Gasteiger partial charge on any atom is 0.433 e. The van der Waals surface area contributed by atoms with Crippen molar-refractivity contribution in [1.82, 2.24) is 9.88 Å². The molecule has 1 heterocycles. The molecule has 0 atom stereocenters. The van der Waals surface area contributed by atoms with Crippen molar-refractivity contribution in [3.8, 4) is 0 Å². The van der Waals surface area contributed by atoms with E-state index in [2.05, 4.69) is 16.9 Å². The first-order valence-corrected chi connectivity index (χ1v) is 13.8. The maximum atomic E-state index is 14.3. The summed E-state index contributed by atoms with van der Waals surface area (Å²) in [7, 11) is 0. The highest BCUT2D eigenvalue weighted by Gasteiger charge is 2.44. The lowest BCUT2D eigenvalue weighted by Crippen LogP contribution is -2.44. The zero-order valence-corrected chi connectivity index (χ0v) is 23.5. The Kier molecular flexibility index (Phi) is 9.73. The molecule has 0 aromatic carbocycles. The van der Waals surface area contributed by atoms with E-state index in [1.54, 1.807) is 13.1 Å². The molecule has 7 nitrogen and oxygen atoms in total. The number of aryl methyl sites for hydroxylation is 1. The Balaban J connectivity index is 1.90. The number of aliphatic imine (C=N–C) groups is 1. The van der Waals surface area contributed by atoms with Gasteiger partial charge in [0.15, 0.2) is 5.71 Å². The van der Waals surface area contributed by atoms with Gasteiger partial charge in [-0.3, -0.25) is 19.6 Å². The molecular formula is C28H38ClF3N4O3. The molecule has 216 valence electrons. The Hall–Kier alpha value is -2.62. The third-order valence-corrected chi connectivity index (χ3v) is 8.66. The first-order valence-electron chi connectivity index (χ1n) is 13.4. The summed E-state index contributed by atoms with van der Waals surface area (Å²) in [6, 6.07) is -0.754. The monoisotopic (exact) mass is 570 g/mol. The van der Waals surface area contributed by atoms with E-state index in [0.717, 1.165) is 36.8 Å². The van der Waals surface area contributed by atoms with Crippen molar-refractivity contribution in [2.75, 3.05) is 13.1 Å². The van der Waals surface area contributed by atoms with E-state index in [-0.39, 0.29) is 44.2 Å². The Morgan fingerprint density at radius 3 is 2.33 bits per heavy atom. The largest absolute Gasteiger partial charge is 0.481 e. The van der Waals surface area contributed by atoms with Gasteiger partial charge in [-0.25, -0.2) is 0 Å². The van der Waals surface area contributed by atoms with E-state index < -0.39 is 40.8 Å². The molecule has 2 aliphatic rings. The van der Waals surface area contributed by atoms with Crippen LogP contribution in [0.5, 0.6) is 0 Å². The van der Waals surface area contributed by atoms with Crippen molar-refractivity contribution in [2.45, 2.75) is 90.8 Å². The molecule has 3 rings (SSSR count). The number of rotatable bonds is 9. The minimum absolute atomic E-state index is 0.155. The van der Waals surface area contributed by atoms with Crippen LogP contribution in [0.2, 0.25) is 5.02 Å². The van der Waals surface area contributed by atoms with Crippen LogP contribution in [-0.2, 0) is 16.0 Å². The number of carboxylic acid groups (broad SMARTS) is 1. The molecule has 1 aromatic rings. The Labute approximate surface area is 232 Å². The summed E-state index contributed by atoms with van der Waals surface area (Å²) >= 11 is 6.34. The predicted octanol–water partition coefficient (Wildman–Crippen LogP) is 5.87. The number of carbonyl (C=O) groups excluding carboxylic acids is 1. The average molecular weight is 571 g/mol. The highest BCUT2D eigenvalue weighted by Crippen LogP contribution is 2.40. The van der Waals surface area contributed by atoms with Crippen LogP contribution in [-0.4, -0.2) is 57.9 Å². The number of carboxylic acids is 1. The van der Waals surface area contributed by atoms with Gasteiger partial charge in [-0.15, -0.1) is 0 Å². The van der Waals surface area contributed by atoms with Crippen LogP contribution in [0.25, 0.3) is 0 Å². The van der Waals surface area contributed by atoms with Crippen LogP contribution in [0.1, 0.15) is 76.3 Å². The van der Waals surface area contributed by atoms with Crippen LogP contribution < -0.4 is 5.73 Å². The molecule has 0 unspecified atom stereocenters. The second-order valence-corrected chi connectivity index (χ2v) is 12.0. The zero-order chi connectivity index (χ0) is 29.0. The maximum absolute atomic E-state index is 14.3. The fraction of sp³-hybridized carbons (Fsp3) is 0.643. The lowest BCUT2D eigenvalue weighted by molar-refractivity contribution is -0.149. The van der Waals surface area contributed by atoms with Gasteiger partial charge in [0.2, 0.25) is 0 Å². The van der Waals surface area contributed by atoms with E-state index >= 15 is 0 Å². The summed E-state index contributed by atoms with van der Waals surface area (Å²) < 4.78 is 43.0. The van der Waals surface area contributed by atoms with Crippen molar-refractivity contribution in [1.29, 1.82) is 0 Å². The van der Waals surface area contributed by atoms with Gasteiger partial charge in [-0.1, -0.05) is 31.4 Å². The van der Waals surface area contributed by atoms with Gasteiger partial charge in [0, 0.05) is 31.7 Å². The molecule has 2 aliphatic carbocycles. The smallest absolute Gasteiger partial charge is 0.433 e. The number of hydrogen-bond acceptors (Lipinski definition) is 5. The summed E-state index contributed by atoms with van der Waals surface area (Å²) in [6.07, 6.45) is 3.80.